The van der Waals surface area contributed by atoms with Crippen molar-refractivity contribution in [1.29, 1.82) is 0 Å². The van der Waals surface area contributed by atoms with Gasteiger partial charge in [-0.15, -0.1) is 0 Å². The highest BCUT2D eigenvalue weighted by molar-refractivity contribution is 5.30. The van der Waals surface area contributed by atoms with Crippen LogP contribution in [-0.2, 0) is 0 Å². The van der Waals surface area contributed by atoms with E-state index in [1.807, 2.05) is 4.57 Å². The Hall–Kier alpha value is -1.68. The highest BCUT2D eigenvalue weighted by Gasteiger charge is 2.27. The number of halogens is 1. The van der Waals surface area contributed by atoms with Crippen LogP contribution >= 0.6 is 0 Å². The predicted molar refractivity (Wildman–Crippen MR) is 65.7 cm³/mol. The van der Waals surface area contributed by atoms with Gasteiger partial charge in [-0.3, -0.25) is 0 Å². The second-order valence-corrected chi connectivity index (χ2v) is 4.87. The first-order chi connectivity index (χ1) is 8.66. The number of nitrogens with zero attached hydrogens (tertiary/aromatic N) is 2. The summed E-state index contributed by atoms with van der Waals surface area (Å²) in [4.78, 5) is 4.10. The molecule has 1 saturated carbocycles. The Morgan fingerprint density at radius 2 is 2.22 bits per heavy atom. The van der Waals surface area contributed by atoms with E-state index >= 15 is 0 Å². The zero-order valence-electron chi connectivity index (χ0n) is 10.2. The van der Waals surface area contributed by atoms with E-state index in [-0.39, 0.29) is 5.82 Å². The highest BCUT2D eigenvalue weighted by atomic mass is 19.1. The fraction of sp³-hybridized carbons (Fsp3) is 0.357. The topological polar surface area (TPSA) is 38.1 Å². The first-order valence-electron chi connectivity index (χ1n) is 6.12. The first-order valence-corrected chi connectivity index (χ1v) is 6.12. The van der Waals surface area contributed by atoms with E-state index in [0.29, 0.717) is 17.2 Å². The number of aromatic nitrogens is 2. The molecular formula is C14H15FN2O. The second kappa shape index (κ2) is 4.21. The molecule has 0 aliphatic heterocycles. The third-order valence-electron chi connectivity index (χ3n) is 3.41. The second-order valence-electron chi connectivity index (χ2n) is 4.87. The molecule has 1 fully saturated rings. The lowest BCUT2D eigenvalue weighted by atomic mass is 10.0. The van der Waals surface area contributed by atoms with E-state index in [9.17, 15) is 9.50 Å². The van der Waals surface area contributed by atoms with Crippen molar-refractivity contribution in [1.82, 2.24) is 9.55 Å². The summed E-state index contributed by atoms with van der Waals surface area (Å²) in [7, 11) is 0. The molecule has 1 aromatic carbocycles. The number of benzene rings is 1. The molecule has 1 heterocycles. The molecule has 0 bridgehead atoms. The molecule has 1 atom stereocenters. The van der Waals surface area contributed by atoms with Gasteiger partial charge in [0.05, 0.1) is 18.2 Å². The summed E-state index contributed by atoms with van der Waals surface area (Å²) in [5.74, 6) is -0.248. The summed E-state index contributed by atoms with van der Waals surface area (Å²) in [6, 6.07) is 5.17. The van der Waals surface area contributed by atoms with Gasteiger partial charge in [0.1, 0.15) is 11.9 Å². The number of aliphatic hydroxyl groups excluding tert-OH is 1. The van der Waals surface area contributed by atoms with Gasteiger partial charge in [0, 0.05) is 6.04 Å². The fourth-order valence-corrected chi connectivity index (χ4v) is 2.19. The summed E-state index contributed by atoms with van der Waals surface area (Å²) < 4.78 is 15.2. The Morgan fingerprint density at radius 3 is 2.89 bits per heavy atom. The molecule has 1 N–H and O–H groups in total. The smallest absolute Gasteiger partial charge is 0.126 e. The van der Waals surface area contributed by atoms with Crippen molar-refractivity contribution in [2.75, 3.05) is 0 Å². The van der Waals surface area contributed by atoms with E-state index in [0.717, 1.165) is 18.5 Å². The van der Waals surface area contributed by atoms with Crippen molar-refractivity contribution < 1.29 is 9.50 Å². The van der Waals surface area contributed by atoms with Gasteiger partial charge < -0.3 is 9.67 Å². The van der Waals surface area contributed by atoms with E-state index in [1.165, 1.54) is 6.07 Å². The van der Waals surface area contributed by atoms with Gasteiger partial charge >= 0.3 is 0 Å². The molecule has 0 spiro atoms. The number of aryl methyl sites for hydroxylation is 1. The van der Waals surface area contributed by atoms with Crippen molar-refractivity contribution in [3.63, 3.8) is 0 Å². The van der Waals surface area contributed by atoms with Crippen LogP contribution in [0.3, 0.4) is 0 Å². The van der Waals surface area contributed by atoms with Crippen LogP contribution in [0.4, 0.5) is 4.39 Å². The fourth-order valence-electron chi connectivity index (χ4n) is 2.19. The third-order valence-corrected chi connectivity index (χ3v) is 3.41. The minimum atomic E-state index is -0.743. The van der Waals surface area contributed by atoms with Crippen LogP contribution in [0.2, 0.25) is 0 Å². The lowest BCUT2D eigenvalue weighted by molar-refractivity contribution is 0.209. The van der Waals surface area contributed by atoms with Crippen LogP contribution in [0.25, 0.3) is 0 Å². The maximum atomic E-state index is 13.2. The molecule has 1 aliphatic rings. The molecule has 1 unspecified atom stereocenters. The van der Waals surface area contributed by atoms with Crippen molar-refractivity contribution in [3.8, 4) is 0 Å². The van der Waals surface area contributed by atoms with Crippen LogP contribution < -0.4 is 0 Å². The highest BCUT2D eigenvalue weighted by Crippen LogP contribution is 2.37. The molecule has 1 aliphatic carbocycles. The lowest BCUT2D eigenvalue weighted by Gasteiger charge is -2.14. The van der Waals surface area contributed by atoms with Crippen molar-refractivity contribution >= 4 is 0 Å². The van der Waals surface area contributed by atoms with Gasteiger partial charge in [0.15, 0.2) is 0 Å². The van der Waals surface area contributed by atoms with E-state index in [4.69, 9.17) is 0 Å². The van der Waals surface area contributed by atoms with Crippen LogP contribution in [0.15, 0.2) is 30.7 Å². The van der Waals surface area contributed by atoms with Crippen molar-refractivity contribution in [2.24, 2.45) is 0 Å². The average Bonchev–Trinajstić information content (AvgIpc) is 3.09. The Balaban J connectivity index is 1.95. The maximum Gasteiger partial charge on any atom is 0.126 e. The van der Waals surface area contributed by atoms with Gasteiger partial charge in [-0.2, -0.15) is 0 Å². The van der Waals surface area contributed by atoms with E-state index in [1.54, 1.807) is 31.6 Å². The van der Waals surface area contributed by atoms with Crippen LogP contribution in [0.1, 0.15) is 41.8 Å². The van der Waals surface area contributed by atoms with Gasteiger partial charge in [-0.1, -0.05) is 12.1 Å². The van der Waals surface area contributed by atoms with E-state index < -0.39 is 6.10 Å². The molecule has 3 rings (SSSR count). The van der Waals surface area contributed by atoms with Gasteiger partial charge in [-0.25, -0.2) is 9.37 Å². The van der Waals surface area contributed by atoms with E-state index in [2.05, 4.69) is 4.98 Å². The first kappa shape index (κ1) is 11.4. The Morgan fingerprint density at radius 1 is 1.44 bits per heavy atom. The zero-order chi connectivity index (χ0) is 12.7. The number of hydrogen-bond donors (Lipinski definition) is 1. The number of rotatable bonds is 3. The Bertz CT molecular complexity index is 575. The normalized spacial score (nSPS) is 16.8. The molecule has 0 radical (unpaired) electrons. The molecule has 94 valence electrons. The molecule has 4 heteroatoms. The Kier molecular flexibility index (Phi) is 2.67. The average molecular weight is 246 g/mol. The number of aliphatic hydroxyl groups is 1. The van der Waals surface area contributed by atoms with Gasteiger partial charge in [0.2, 0.25) is 0 Å². The minimum Gasteiger partial charge on any atom is -0.382 e. The quantitative estimate of drug-likeness (QED) is 0.904. The molecule has 0 saturated heterocycles. The summed E-state index contributed by atoms with van der Waals surface area (Å²) in [6.07, 6.45) is 4.97. The van der Waals surface area contributed by atoms with Gasteiger partial charge in [-0.05, 0) is 37.0 Å². The maximum absolute atomic E-state index is 13.2. The SMILES string of the molecule is Cc1cc(C(O)c2cncn2C2CC2)ccc1F. The molecule has 0 amide bonds. The summed E-state index contributed by atoms with van der Waals surface area (Å²) in [6.45, 7) is 1.70. The molecule has 2 aromatic rings. The van der Waals surface area contributed by atoms with Crippen molar-refractivity contribution in [3.05, 3.63) is 53.4 Å². The monoisotopic (exact) mass is 246 g/mol. The molecule has 1 aromatic heterocycles. The third kappa shape index (κ3) is 1.93. The van der Waals surface area contributed by atoms with Crippen LogP contribution in [-0.4, -0.2) is 14.7 Å². The van der Waals surface area contributed by atoms with Crippen molar-refractivity contribution in [2.45, 2.75) is 31.9 Å². The molecular weight excluding hydrogens is 231 g/mol. The minimum absolute atomic E-state index is 0.248. The summed E-state index contributed by atoms with van der Waals surface area (Å²) >= 11 is 0. The summed E-state index contributed by atoms with van der Waals surface area (Å²) in [5, 5.41) is 10.4. The standard InChI is InChI=1S/C14H15FN2O/c1-9-6-10(2-5-12(9)15)14(18)13-7-16-8-17(13)11-3-4-11/h2,5-8,11,14,18H,3-4H2,1H3. The predicted octanol–water partition coefficient (Wildman–Crippen LogP) is 2.75. The van der Waals surface area contributed by atoms with Crippen LogP contribution in [0.5, 0.6) is 0 Å². The largest absolute Gasteiger partial charge is 0.382 e. The zero-order valence-corrected chi connectivity index (χ0v) is 10.2. The molecule has 18 heavy (non-hydrogen) atoms. The lowest BCUT2D eigenvalue weighted by Crippen LogP contribution is -2.07. The number of hydrogen-bond acceptors (Lipinski definition) is 2. The molecule has 3 nitrogen and oxygen atoms in total. The summed E-state index contributed by atoms with van der Waals surface area (Å²) in [5.41, 5.74) is 2.03. The Labute approximate surface area is 105 Å². The van der Waals surface area contributed by atoms with Crippen LogP contribution in [0, 0.1) is 12.7 Å². The number of imidazole rings is 1. The van der Waals surface area contributed by atoms with Gasteiger partial charge in [0.25, 0.3) is 0 Å².